The maximum atomic E-state index is 8.55. The fourth-order valence-corrected chi connectivity index (χ4v) is 0. The molecule has 0 saturated heterocycles. The zero-order valence-electron chi connectivity index (χ0n) is 5.70. The molecular formula is H6Cd3O7P-3. The minimum absolute atomic E-state index is 0. The van der Waals surface area contributed by atoms with E-state index in [1.165, 1.54) is 0 Å². The van der Waals surface area contributed by atoms with Crippen LogP contribution in [0.3, 0.4) is 0 Å². The SMILES string of the molecule is O.O.O.O=P([O-])([O-])[O-].[Cd].[Cd].[Cd]. The summed E-state index contributed by atoms with van der Waals surface area (Å²) in [5, 5.41) is 0. The molecule has 0 spiro atoms. The zero-order valence-corrected chi connectivity index (χ0v) is 18.7. The second-order valence-corrected chi connectivity index (χ2v) is 1.34. The van der Waals surface area contributed by atoms with Crippen LogP contribution in [0.5, 0.6) is 0 Å². The van der Waals surface area contributed by atoms with Crippen molar-refractivity contribution in [3.63, 3.8) is 0 Å². The van der Waals surface area contributed by atoms with E-state index in [0.29, 0.717) is 0 Å². The number of hydrogen-bond acceptors (Lipinski definition) is 4. The van der Waals surface area contributed by atoms with E-state index in [-0.39, 0.29) is 98.3 Å². The fourth-order valence-electron chi connectivity index (χ4n) is 0. The monoisotopic (exact) mass is 491 g/mol. The molecule has 6 N–H and O–H groups in total. The van der Waals surface area contributed by atoms with Crippen molar-refractivity contribution in [3.05, 3.63) is 0 Å². The number of hydrogen-bond donors (Lipinski definition) is 0. The van der Waals surface area contributed by atoms with E-state index >= 15 is 0 Å². The van der Waals surface area contributed by atoms with Crippen molar-refractivity contribution in [1.29, 1.82) is 0 Å². The Bertz CT molecular complexity index is 59.8. The number of phosphoric acid groups is 1. The van der Waals surface area contributed by atoms with Crippen molar-refractivity contribution in [2.24, 2.45) is 0 Å². The average molecular weight is 486 g/mol. The van der Waals surface area contributed by atoms with Crippen LogP contribution in [-0.4, -0.2) is 16.4 Å². The Morgan fingerprint density at radius 3 is 0.727 bits per heavy atom. The first kappa shape index (κ1) is 49.0. The molecule has 0 atom stereocenters. The van der Waals surface area contributed by atoms with Crippen LogP contribution in [0.25, 0.3) is 0 Å². The van der Waals surface area contributed by atoms with E-state index in [1.807, 2.05) is 0 Å². The van der Waals surface area contributed by atoms with Crippen LogP contribution >= 0.6 is 7.82 Å². The molecule has 0 aromatic rings. The predicted molar refractivity (Wildman–Crippen MR) is 18.4 cm³/mol. The minimum Gasteiger partial charge on any atom is -0.822 e. The molecule has 62 valence electrons. The Morgan fingerprint density at radius 1 is 0.727 bits per heavy atom. The van der Waals surface area contributed by atoms with Gasteiger partial charge in [-0.2, -0.15) is 7.82 Å². The topological polar surface area (TPSA) is 181 Å². The molecule has 0 fully saturated rings. The van der Waals surface area contributed by atoms with Gasteiger partial charge in [0, 0.05) is 81.9 Å². The average Bonchev–Trinajstić information content (AvgIpc) is 0.722. The molecule has 11 heteroatoms. The van der Waals surface area contributed by atoms with Gasteiger partial charge in [0.05, 0.1) is 0 Å². The summed E-state index contributed by atoms with van der Waals surface area (Å²) in [4.78, 5) is 25.6. The van der Waals surface area contributed by atoms with Crippen LogP contribution in [0, 0.1) is 0 Å². The maximum Gasteiger partial charge on any atom is 0 e. The Labute approximate surface area is 124 Å². The predicted octanol–water partition coefficient (Wildman–Crippen LogP) is -5.31. The van der Waals surface area contributed by atoms with E-state index in [4.69, 9.17) is 19.2 Å². The molecule has 0 aliphatic heterocycles. The second kappa shape index (κ2) is 23.0. The van der Waals surface area contributed by atoms with Gasteiger partial charge in [-0.25, -0.2) is 0 Å². The smallest absolute Gasteiger partial charge is 0 e. The van der Waals surface area contributed by atoms with Crippen LogP contribution < -0.4 is 14.7 Å². The van der Waals surface area contributed by atoms with Crippen LogP contribution in [0.1, 0.15) is 0 Å². The molecular weight excluding hydrogens is 480 g/mol. The second-order valence-electron chi connectivity index (χ2n) is 0.447. The fraction of sp³-hybridized carbons (Fsp3) is 0. The third-order valence-electron chi connectivity index (χ3n) is 0. The van der Waals surface area contributed by atoms with Gasteiger partial charge in [0.15, 0.2) is 0 Å². The molecule has 0 amide bonds. The van der Waals surface area contributed by atoms with Gasteiger partial charge in [-0.15, -0.1) is 0 Å². The molecule has 0 aliphatic rings. The van der Waals surface area contributed by atoms with Crippen molar-refractivity contribution in [2.75, 3.05) is 0 Å². The molecule has 0 aromatic heterocycles. The third-order valence-corrected chi connectivity index (χ3v) is 0. The van der Waals surface area contributed by atoms with E-state index in [9.17, 15) is 0 Å². The molecule has 11 heavy (non-hydrogen) atoms. The Kier molecular flexibility index (Phi) is 103. The van der Waals surface area contributed by atoms with E-state index in [2.05, 4.69) is 0 Å². The maximum absolute atomic E-state index is 8.55. The van der Waals surface area contributed by atoms with Gasteiger partial charge in [-0.1, -0.05) is 0 Å². The number of rotatable bonds is 0. The standard InChI is InChI=1S/3Cd.H3O4P.3H2O/c;;;1-5(2,3)4;;;/h;;;(H3,1,2,3,4);3*1H2/p-3. The van der Waals surface area contributed by atoms with Gasteiger partial charge in [0.25, 0.3) is 0 Å². The van der Waals surface area contributed by atoms with Gasteiger partial charge in [-0.05, 0) is 0 Å². The van der Waals surface area contributed by atoms with Gasteiger partial charge >= 0.3 is 0 Å². The quantitative estimate of drug-likeness (QED) is 0.245. The molecule has 0 radical (unpaired) electrons. The molecule has 0 aliphatic carbocycles. The van der Waals surface area contributed by atoms with Crippen molar-refractivity contribution in [1.82, 2.24) is 0 Å². The molecule has 0 unspecified atom stereocenters. The molecule has 0 rings (SSSR count). The van der Waals surface area contributed by atoms with Gasteiger partial charge in [0.1, 0.15) is 0 Å². The normalized spacial score (nSPS) is 5.36. The van der Waals surface area contributed by atoms with Crippen LogP contribution in [0.2, 0.25) is 0 Å². The minimum atomic E-state index is -5.39. The summed E-state index contributed by atoms with van der Waals surface area (Å²) in [5.41, 5.74) is 0. The summed E-state index contributed by atoms with van der Waals surface area (Å²) in [6.07, 6.45) is 0. The first-order valence-electron chi connectivity index (χ1n) is 0.730. The summed E-state index contributed by atoms with van der Waals surface area (Å²) < 4.78 is 8.55. The summed E-state index contributed by atoms with van der Waals surface area (Å²) >= 11 is 0. The molecule has 0 aromatic carbocycles. The summed E-state index contributed by atoms with van der Waals surface area (Å²) in [7, 11) is -5.39. The first-order chi connectivity index (χ1) is 2.00. The van der Waals surface area contributed by atoms with Crippen molar-refractivity contribution < 1.29 is 118 Å². The van der Waals surface area contributed by atoms with E-state index < -0.39 is 7.82 Å². The van der Waals surface area contributed by atoms with E-state index in [0.717, 1.165) is 0 Å². The molecule has 0 bridgehead atoms. The van der Waals surface area contributed by atoms with Gasteiger partial charge in [0.2, 0.25) is 0 Å². The van der Waals surface area contributed by atoms with E-state index in [1.54, 1.807) is 0 Å². The summed E-state index contributed by atoms with van der Waals surface area (Å²) in [5.74, 6) is 0. The summed E-state index contributed by atoms with van der Waals surface area (Å²) in [6, 6.07) is 0. The molecule has 7 nitrogen and oxygen atoms in total. The molecule has 0 saturated carbocycles. The van der Waals surface area contributed by atoms with Gasteiger partial charge < -0.3 is 35.7 Å². The van der Waals surface area contributed by atoms with Crippen molar-refractivity contribution >= 4 is 7.82 Å². The van der Waals surface area contributed by atoms with Crippen LogP contribution in [0.4, 0.5) is 0 Å². The zero-order chi connectivity index (χ0) is 4.50. The third kappa shape index (κ3) is 194. The Balaban J connectivity index is -0.00000000533. The van der Waals surface area contributed by atoms with Gasteiger partial charge in [-0.3, -0.25) is 0 Å². The van der Waals surface area contributed by atoms with Crippen LogP contribution in [0.15, 0.2) is 0 Å². The van der Waals surface area contributed by atoms with Crippen molar-refractivity contribution in [3.8, 4) is 0 Å². The van der Waals surface area contributed by atoms with Crippen LogP contribution in [-0.2, 0) is 86.5 Å². The van der Waals surface area contributed by atoms with Crippen molar-refractivity contribution in [2.45, 2.75) is 0 Å². The first-order valence-corrected chi connectivity index (χ1v) is 2.19. The largest absolute Gasteiger partial charge is 0.822 e. The Hall–Kier alpha value is 2.76. The Morgan fingerprint density at radius 2 is 0.727 bits per heavy atom. The molecule has 0 heterocycles. The summed E-state index contributed by atoms with van der Waals surface area (Å²) in [6.45, 7) is 0.